The molecule has 0 unspecified atom stereocenters. The maximum atomic E-state index is 11.7. The second kappa shape index (κ2) is 12.3. The smallest absolute Gasteiger partial charge is 0.251 e. The van der Waals surface area contributed by atoms with Gasteiger partial charge in [-0.05, 0) is 36.1 Å². The highest BCUT2D eigenvalue weighted by atomic mass is 127. The first-order chi connectivity index (χ1) is 12.2. The second-order valence-corrected chi connectivity index (χ2v) is 5.69. The number of benzene rings is 2. The normalized spacial score (nSPS) is 10.6. The van der Waals surface area contributed by atoms with Gasteiger partial charge in [0, 0.05) is 32.7 Å². The minimum absolute atomic E-state index is 0. The summed E-state index contributed by atoms with van der Waals surface area (Å²) in [7, 11) is 3.41. The molecule has 0 aliphatic heterocycles. The van der Waals surface area contributed by atoms with Crippen molar-refractivity contribution in [2.45, 2.75) is 12.8 Å². The average Bonchev–Trinajstić information content (AvgIpc) is 2.67. The molecule has 1 amide bonds. The molecule has 140 valence electrons. The van der Waals surface area contributed by atoms with Gasteiger partial charge in [-0.25, -0.2) is 0 Å². The van der Waals surface area contributed by atoms with Crippen LogP contribution in [0.15, 0.2) is 59.6 Å². The van der Waals surface area contributed by atoms with Crippen LogP contribution in [0.25, 0.3) is 0 Å². The zero-order valence-electron chi connectivity index (χ0n) is 15.3. The lowest BCUT2D eigenvalue weighted by atomic mass is 10.1. The van der Waals surface area contributed by atoms with E-state index < -0.39 is 0 Å². The lowest BCUT2D eigenvalue weighted by Gasteiger charge is -2.12. The van der Waals surface area contributed by atoms with Crippen LogP contribution in [0, 0.1) is 0 Å². The fraction of sp³-hybridized carbons (Fsp3) is 0.300. The van der Waals surface area contributed by atoms with Crippen molar-refractivity contribution < 1.29 is 4.79 Å². The molecule has 26 heavy (non-hydrogen) atoms. The predicted octanol–water partition coefficient (Wildman–Crippen LogP) is 2.61. The van der Waals surface area contributed by atoms with Crippen molar-refractivity contribution in [2.24, 2.45) is 4.99 Å². The van der Waals surface area contributed by atoms with Crippen LogP contribution < -0.4 is 16.0 Å². The Hall–Kier alpha value is -2.09. The summed E-state index contributed by atoms with van der Waals surface area (Å²) in [6.45, 7) is 1.58. The van der Waals surface area contributed by atoms with Crippen molar-refractivity contribution in [1.29, 1.82) is 0 Å². The Kier molecular flexibility index (Phi) is 10.4. The van der Waals surface area contributed by atoms with Crippen molar-refractivity contribution in [3.05, 3.63) is 71.3 Å². The molecule has 2 aromatic carbocycles. The maximum absolute atomic E-state index is 11.7. The van der Waals surface area contributed by atoms with Gasteiger partial charge in [0.15, 0.2) is 5.96 Å². The summed E-state index contributed by atoms with van der Waals surface area (Å²) >= 11 is 0. The van der Waals surface area contributed by atoms with Gasteiger partial charge >= 0.3 is 0 Å². The number of nitrogens with one attached hydrogen (secondary N) is 3. The van der Waals surface area contributed by atoms with Crippen molar-refractivity contribution in [2.75, 3.05) is 27.2 Å². The third kappa shape index (κ3) is 7.43. The summed E-state index contributed by atoms with van der Waals surface area (Å²) in [6.07, 6.45) is 1.78. The second-order valence-electron chi connectivity index (χ2n) is 5.69. The van der Waals surface area contributed by atoms with Crippen LogP contribution in [0.4, 0.5) is 0 Å². The van der Waals surface area contributed by atoms with Gasteiger partial charge in [-0.15, -0.1) is 24.0 Å². The number of halogens is 1. The molecule has 0 atom stereocenters. The summed E-state index contributed by atoms with van der Waals surface area (Å²) in [5.74, 6) is 0.728. The number of rotatable bonds is 7. The largest absolute Gasteiger partial charge is 0.356 e. The Morgan fingerprint density at radius 1 is 0.923 bits per heavy atom. The molecule has 3 N–H and O–H groups in total. The Bertz CT molecular complexity index is 704. The number of aliphatic imine (C=N–C) groups is 1. The molecule has 0 saturated heterocycles. The number of amides is 1. The highest BCUT2D eigenvalue weighted by Crippen LogP contribution is 2.05. The van der Waals surface area contributed by atoms with E-state index in [9.17, 15) is 4.79 Å². The molecule has 6 heteroatoms. The fourth-order valence-corrected chi connectivity index (χ4v) is 2.53. The zero-order valence-corrected chi connectivity index (χ0v) is 17.6. The van der Waals surface area contributed by atoms with Crippen molar-refractivity contribution in [3.63, 3.8) is 0 Å². The van der Waals surface area contributed by atoms with E-state index in [0.717, 1.165) is 37.5 Å². The SMILES string of the molecule is CN=C(NCCc1ccccc1)NCCc1cccc(C(=O)NC)c1.I. The van der Waals surface area contributed by atoms with E-state index >= 15 is 0 Å². The van der Waals surface area contributed by atoms with E-state index in [-0.39, 0.29) is 29.9 Å². The third-order valence-corrected chi connectivity index (χ3v) is 3.89. The van der Waals surface area contributed by atoms with E-state index in [1.54, 1.807) is 14.1 Å². The molecule has 0 radical (unpaired) electrons. The van der Waals surface area contributed by atoms with Crippen LogP contribution >= 0.6 is 24.0 Å². The van der Waals surface area contributed by atoms with Crippen LogP contribution in [0.1, 0.15) is 21.5 Å². The molecular weight excluding hydrogens is 439 g/mol. The zero-order chi connectivity index (χ0) is 17.9. The Balaban J connectivity index is 0.00000338. The monoisotopic (exact) mass is 466 g/mol. The van der Waals surface area contributed by atoms with Crippen LogP contribution in [0.3, 0.4) is 0 Å². The summed E-state index contributed by atoms with van der Waals surface area (Å²) < 4.78 is 0. The molecule has 2 aromatic rings. The number of carbonyl (C=O) groups excluding carboxylic acids is 1. The predicted molar refractivity (Wildman–Crippen MR) is 118 cm³/mol. The molecule has 0 aliphatic carbocycles. The molecule has 0 heterocycles. The number of hydrogen-bond acceptors (Lipinski definition) is 2. The minimum atomic E-state index is -0.0619. The van der Waals surface area contributed by atoms with Gasteiger partial charge in [0.25, 0.3) is 5.91 Å². The van der Waals surface area contributed by atoms with Gasteiger partial charge in [-0.1, -0.05) is 42.5 Å². The number of nitrogens with zero attached hydrogens (tertiary/aromatic N) is 1. The first kappa shape index (κ1) is 22.0. The highest BCUT2D eigenvalue weighted by molar-refractivity contribution is 14.0. The van der Waals surface area contributed by atoms with Crippen molar-refractivity contribution >= 4 is 35.8 Å². The van der Waals surface area contributed by atoms with Gasteiger partial charge in [0.2, 0.25) is 0 Å². The van der Waals surface area contributed by atoms with Crippen molar-refractivity contribution in [1.82, 2.24) is 16.0 Å². The van der Waals surface area contributed by atoms with Crippen LogP contribution in [-0.4, -0.2) is 39.1 Å². The molecule has 0 bridgehead atoms. The number of guanidine groups is 1. The van der Waals surface area contributed by atoms with Crippen LogP contribution in [0.2, 0.25) is 0 Å². The van der Waals surface area contributed by atoms with E-state index in [1.807, 2.05) is 30.3 Å². The standard InChI is InChI=1S/C20H26N4O.HI/c1-21-19(25)18-10-6-9-17(15-18)12-14-24-20(22-2)23-13-11-16-7-4-3-5-8-16;/h3-10,15H,11-14H2,1-2H3,(H,21,25)(H2,22,23,24);1H. The van der Waals surface area contributed by atoms with Gasteiger partial charge in [-0.2, -0.15) is 0 Å². The Morgan fingerprint density at radius 3 is 2.15 bits per heavy atom. The summed E-state index contributed by atoms with van der Waals surface area (Å²) in [6, 6.07) is 18.0. The summed E-state index contributed by atoms with van der Waals surface area (Å²) in [5, 5.41) is 9.27. The van der Waals surface area contributed by atoms with E-state index in [0.29, 0.717) is 5.56 Å². The molecule has 0 spiro atoms. The quantitative estimate of drug-likeness (QED) is 0.334. The van der Waals surface area contributed by atoms with E-state index in [1.165, 1.54) is 5.56 Å². The number of carbonyl (C=O) groups is 1. The highest BCUT2D eigenvalue weighted by Gasteiger charge is 2.04. The summed E-state index contributed by atoms with van der Waals surface area (Å²) in [4.78, 5) is 15.9. The van der Waals surface area contributed by atoms with E-state index in [2.05, 4.69) is 45.2 Å². The molecule has 2 rings (SSSR count). The van der Waals surface area contributed by atoms with Crippen molar-refractivity contribution in [3.8, 4) is 0 Å². The molecule has 0 saturated carbocycles. The third-order valence-electron chi connectivity index (χ3n) is 3.89. The Morgan fingerprint density at radius 2 is 1.54 bits per heavy atom. The molecular formula is C20H27IN4O. The Labute approximate surface area is 172 Å². The van der Waals surface area contributed by atoms with Gasteiger partial charge in [0.05, 0.1) is 0 Å². The van der Waals surface area contributed by atoms with Gasteiger partial charge in [-0.3, -0.25) is 9.79 Å². The first-order valence-electron chi connectivity index (χ1n) is 8.52. The molecule has 0 aromatic heterocycles. The minimum Gasteiger partial charge on any atom is -0.356 e. The van der Waals surface area contributed by atoms with E-state index in [4.69, 9.17) is 0 Å². The summed E-state index contributed by atoms with van der Waals surface area (Å²) in [5.41, 5.74) is 3.11. The van der Waals surface area contributed by atoms with Gasteiger partial charge < -0.3 is 16.0 Å². The topological polar surface area (TPSA) is 65.5 Å². The van der Waals surface area contributed by atoms with Crippen LogP contribution in [-0.2, 0) is 12.8 Å². The average molecular weight is 466 g/mol. The van der Waals surface area contributed by atoms with Crippen LogP contribution in [0.5, 0.6) is 0 Å². The first-order valence-corrected chi connectivity index (χ1v) is 8.52. The van der Waals surface area contributed by atoms with Gasteiger partial charge in [0.1, 0.15) is 0 Å². The molecule has 5 nitrogen and oxygen atoms in total. The number of hydrogen-bond donors (Lipinski definition) is 3. The lowest BCUT2D eigenvalue weighted by Crippen LogP contribution is -2.39. The maximum Gasteiger partial charge on any atom is 0.251 e. The molecule has 0 fully saturated rings. The fourth-order valence-electron chi connectivity index (χ4n) is 2.53. The lowest BCUT2D eigenvalue weighted by molar-refractivity contribution is 0.0963. The molecule has 0 aliphatic rings.